The second-order valence-corrected chi connectivity index (χ2v) is 5.53. The van der Waals surface area contributed by atoms with Gasteiger partial charge in [-0.2, -0.15) is 10.4 Å². The van der Waals surface area contributed by atoms with Crippen LogP contribution in [0.15, 0.2) is 36.4 Å². The number of nitrogens with zero attached hydrogens (tertiary/aromatic N) is 3. The number of hydrogen-bond acceptors (Lipinski definition) is 3. The van der Waals surface area contributed by atoms with Crippen LogP contribution >= 0.6 is 0 Å². The summed E-state index contributed by atoms with van der Waals surface area (Å²) in [5, 5.41) is 23.0. The van der Waals surface area contributed by atoms with Gasteiger partial charge in [-0.1, -0.05) is 24.3 Å². The SMILES string of the molecule is Cc1cc(-c2ccc(C=N)cc2)c(C)n1Cc1cc(C#N)n[nH]1. The Labute approximate surface area is 134 Å². The lowest BCUT2D eigenvalue weighted by Crippen LogP contribution is -2.04. The fourth-order valence-corrected chi connectivity index (χ4v) is 2.77. The summed E-state index contributed by atoms with van der Waals surface area (Å²) < 4.78 is 2.20. The Hall–Kier alpha value is -3.13. The van der Waals surface area contributed by atoms with Crippen LogP contribution in [0.4, 0.5) is 0 Å². The third-order valence-electron chi connectivity index (χ3n) is 4.04. The quantitative estimate of drug-likeness (QED) is 0.724. The molecule has 1 aromatic carbocycles. The van der Waals surface area contributed by atoms with E-state index in [1.165, 1.54) is 17.5 Å². The zero-order chi connectivity index (χ0) is 16.4. The first-order valence-corrected chi connectivity index (χ1v) is 7.34. The predicted octanol–water partition coefficient (Wildman–Crippen LogP) is 3.41. The molecule has 2 N–H and O–H groups in total. The van der Waals surface area contributed by atoms with E-state index < -0.39 is 0 Å². The summed E-state index contributed by atoms with van der Waals surface area (Å²) in [6, 6.07) is 13.9. The van der Waals surface area contributed by atoms with Crippen LogP contribution in [0.2, 0.25) is 0 Å². The molecule has 0 aliphatic rings. The van der Waals surface area contributed by atoms with Gasteiger partial charge >= 0.3 is 0 Å². The third kappa shape index (κ3) is 2.79. The monoisotopic (exact) mass is 303 g/mol. The van der Waals surface area contributed by atoms with E-state index in [9.17, 15) is 0 Å². The van der Waals surface area contributed by atoms with Gasteiger partial charge in [-0.25, -0.2) is 0 Å². The summed E-state index contributed by atoms with van der Waals surface area (Å²) in [5.74, 6) is 0. The van der Waals surface area contributed by atoms with Crippen LogP contribution in [-0.4, -0.2) is 21.0 Å². The minimum atomic E-state index is 0.407. The fourth-order valence-electron chi connectivity index (χ4n) is 2.77. The Bertz CT molecular complexity index is 891. The summed E-state index contributed by atoms with van der Waals surface area (Å²) >= 11 is 0. The van der Waals surface area contributed by atoms with Crippen molar-refractivity contribution in [1.82, 2.24) is 14.8 Å². The molecular weight excluding hydrogens is 286 g/mol. The first kappa shape index (κ1) is 14.8. The predicted molar refractivity (Wildman–Crippen MR) is 89.6 cm³/mol. The van der Waals surface area contributed by atoms with Gasteiger partial charge < -0.3 is 9.98 Å². The Morgan fingerprint density at radius 3 is 2.61 bits per heavy atom. The molecule has 2 heterocycles. The molecule has 0 atom stereocenters. The van der Waals surface area contributed by atoms with Crippen molar-refractivity contribution in [3.05, 3.63) is 64.7 Å². The van der Waals surface area contributed by atoms with Crippen molar-refractivity contribution in [2.24, 2.45) is 0 Å². The average molecular weight is 303 g/mol. The van der Waals surface area contributed by atoms with E-state index in [2.05, 4.69) is 34.7 Å². The van der Waals surface area contributed by atoms with Gasteiger partial charge in [-0.05, 0) is 37.1 Å². The van der Waals surface area contributed by atoms with Gasteiger partial charge in [0.2, 0.25) is 0 Å². The number of benzene rings is 1. The molecule has 114 valence electrons. The number of nitrogens with one attached hydrogen (secondary N) is 2. The van der Waals surface area contributed by atoms with Crippen LogP contribution in [0.1, 0.15) is 28.3 Å². The highest BCUT2D eigenvalue weighted by Crippen LogP contribution is 2.27. The van der Waals surface area contributed by atoms with E-state index >= 15 is 0 Å². The molecule has 0 bridgehead atoms. The highest BCUT2D eigenvalue weighted by atomic mass is 15.1. The van der Waals surface area contributed by atoms with Crippen LogP contribution < -0.4 is 0 Å². The van der Waals surface area contributed by atoms with Crippen LogP contribution in [-0.2, 0) is 6.54 Å². The summed E-state index contributed by atoms with van der Waals surface area (Å²) in [5.41, 5.74) is 6.85. The number of nitriles is 1. The maximum absolute atomic E-state index is 8.87. The lowest BCUT2D eigenvalue weighted by molar-refractivity contribution is 0.727. The van der Waals surface area contributed by atoms with Gasteiger partial charge in [0, 0.05) is 23.2 Å². The molecule has 3 aromatic rings. The second-order valence-electron chi connectivity index (χ2n) is 5.53. The number of aromatic nitrogens is 3. The van der Waals surface area contributed by atoms with Crippen molar-refractivity contribution in [2.45, 2.75) is 20.4 Å². The van der Waals surface area contributed by atoms with Gasteiger partial charge in [0.15, 0.2) is 5.69 Å². The van der Waals surface area contributed by atoms with Crippen molar-refractivity contribution in [1.29, 1.82) is 10.7 Å². The Balaban J connectivity index is 1.95. The number of aryl methyl sites for hydroxylation is 1. The number of rotatable bonds is 4. The summed E-state index contributed by atoms with van der Waals surface area (Å²) in [6.07, 6.45) is 1.35. The molecule has 23 heavy (non-hydrogen) atoms. The standard InChI is InChI=1S/C18H17N5/c1-12-7-18(15-5-3-14(9-19)4-6-15)13(2)23(12)11-17-8-16(10-20)21-22-17/h3-9,19H,11H2,1-2H3,(H,21,22). The summed E-state index contributed by atoms with van der Waals surface area (Å²) in [7, 11) is 0. The van der Waals surface area contributed by atoms with Gasteiger partial charge in [-0.3, -0.25) is 5.10 Å². The molecule has 0 unspecified atom stereocenters. The Kier molecular flexibility index (Phi) is 3.82. The smallest absolute Gasteiger partial charge is 0.162 e. The van der Waals surface area contributed by atoms with Gasteiger partial charge in [0.05, 0.1) is 12.2 Å². The molecule has 0 radical (unpaired) electrons. The molecule has 2 aromatic heterocycles. The zero-order valence-electron chi connectivity index (χ0n) is 13.1. The van der Waals surface area contributed by atoms with Crippen molar-refractivity contribution in [3.63, 3.8) is 0 Å². The van der Waals surface area contributed by atoms with Gasteiger partial charge in [-0.15, -0.1) is 0 Å². The van der Waals surface area contributed by atoms with E-state index in [1.807, 2.05) is 30.3 Å². The van der Waals surface area contributed by atoms with Gasteiger partial charge in [0.1, 0.15) is 6.07 Å². The van der Waals surface area contributed by atoms with Crippen LogP contribution in [0.25, 0.3) is 11.1 Å². The average Bonchev–Trinajstić information content (AvgIpc) is 3.15. The first-order valence-electron chi connectivity index (χ1n) is 7.34. The topological polar surface area (TPSA) is 81.2 Å². The molecule has 0 saturated heterocycles. The molecular formula is C18H17N5. The number of H-pyrrole nitrogens is 1. The zero-order valence-corrected chi connectivity index (χ0v) is 13.1. The summed E-state index contributed by atoms with van der Waals surface area (Å²) in [6.45, 7) is 4.82. The maximum Gasteiger partial charge on any atom is 0.162 e. The molecule has 0 amide bonds. The number of hydrogen-bond donors (Lipinski definition) is 2. The lowest BCUT2D eigenvalue weighted by atomic mass is 10.0. The van der Waals surface area contributed by atoms with Crippen molar-refractivity contribution < 1.29 is 0 Å². The maximum atomic E-state index is 8.87. The minimum absolute atomic E-state index is 0.407. The Morgan fingerprint density at radius 1 is 1.26 bits per heavy atom. The van der Waals surface area contributed by atoms with Crippen LogP contribution in [0.3, 0.4) is 0 Å². The normalized spacial score (nSPS) is 10.5. The number of aromatic amines is 1. The molecule has 0 spiro atoms. The van der Waals surface area contributed by atoms with Crippen molar-refractivity contribution in [3.8, 4) is 17.2 Å². The molecule has 5 heteroatoms. The fraction of sp³-hybridized carbons (Fsp3) is 0.167. The molecule has 5 nitrogen and oxygen atoms in total. The van der Waals surface area contributed by atoms with Crippen molar-refractivity contribution >= 4 is 6.21 Å². The van der Waals surface area contributed by atoms with E-state index in [-0.39, 0.29) is 0 Å². The largest absolute Gasteiger partial charge is 0.343 e. The molecule has 0 fully saturated rings. The summed E-state index contributed by atoms with van der Waals surface area (Å²) in [4.78, 5) is 0. The Morgan fingerprint density at radius 2 is 2.00 bits per heavy atom. The van der Waals surface area contributed by atoms with Crippen molar-refractivity contribution in [2.75, 3.05) is 0 Å². The van der Waals surface area contributed by atoms with E-state index in [1.54, 1.807) is 6.07 Å². The second kappa shape index (κ2) is 5.93. The minimum Gasteiger partial charge on any atom is -0.343 e. The van der Waals surface area contributed by atoms with Gasteiger partial charge in [0.25, 0.3) is 0 Å². The van der Waals surface area contributed by atoms with E-state index in [0.717, 1.165) is 22.5 Å². The lowest BCUT2D eigenvalue weighted by Gasteiger charge is -2.08. The third-order valence-corrected chi connectivity index (χ3v) is 4.04. The molecule has 0 aliphatic carbocycles. The highest BCUT2D eigenvalue weighted by molar-refractivity contribution is 5.79. The van der Waals surface area contributed by atoms with E-state index in [0.29, 0.717) is 12.2 Å². The highest BCUT2D eigenvalue weighted by Gasteiger charge is 2.12. The van der Waals surface area contributed by atoms with Crippen LogP contribution in [0, 0.1) is 30.6 Å². The molecule has 0 saturated carbocycles. The van der Waals surface area contributed by atoms with E-state index in [4.69, 9.17) is 10.7 Å². The first-order chi connectivity index (χ1) is 11.1. The molecule has 0 aliphatic heterocycles. The molecule has 3 rings (SSSR count). The van der Waals surface area contributed by atoms with Crippen LogP contribution in [0.5, 0.6) is 0 Å².